The zero-order valence-electron chi connectivity index (χ0n) is 22.1. The number of benzene rings is 1. The number of ether oxygens (including phenoxy) is 1. The second kappa shape index (κ2) is 9.38. The Morgan fingerprint density at radius 1 is 1.13 bits per heavy atom. The minimum absolute atomic E-state index is 0.0825. The normalized spacial score (nSPS) is 17.7. The minimum Gasteiger partial charge on any atom is -0.373 e. The van der Waals surface area contributed by atoms with Gasteiger partial charge in [-0.3, -0.25) is 14.2 Å². The molecule has 0 radical (unpaired) electrons. The molecule has 10 heteroatoms. The average Bonchev–Trinajstić information content (AvgIpc) is 3.54. The van der Waals surface area contributed by atoms with E-state index in [4.69, 9.17) is 4.74 Å². The van der Waals surface area contributed by atoms with E-state index in [2.05, 4.69) is 69.4 Å². The lowest BCUT2D eigenvalue weighted by Crippen LogP contribution is -2.57. The van der Waals surface area contributed by atoms with Gasteiger partial charge in [-0.15, -0.1) is 0 Å². The van der Waals surface area contributed by atoms with Gasteiger partial charge in [0.1, 0.15) is 5.82 Å². The number of amides is 1. The number of aromatic nitrogens is 4. The number of morpholine rings is 1. The van der Waals surface area contributed by atoms with Crippen molar-refractivity contribution < 1.29 is 9.53 Å². The number of nitrogens with one attached hydrogen (secondary N) is 2. The first-order valence-corrected chi connectivity index (χ1v) is 12.8. The molecule has 1 atom stereocenters. The molecule has 10 nitrogen and oxygen atoms in total. The summed E-state index contributed by atoms with van der Waals surface area (Å²) in [5.74, 6) is 0.585. The number of imidazole rings is 1. The molecule has 38 heavy (non-hydrogen) atoms. The number of rotatable bonds is 6. The van der Waals surface area contributed by atoms with E-state index in [9.17, 15) is 4.79 Å². The summed E-state index contributed by atoms with van der Waals surface area (Å²) in [5, 5.41) is 6.34. The molecular formula is C28H32N8O2. The van der Waals surface area contributed by atoms with Crippen LogP contribution < -0.4 is 15.5 Å². The van der Waals surface area contributed by atoms with Gasteiger partial charge in [0.25, 0.3) is 5.91 Å². The summed E-state index contributed by atoms with van der Waals surface area (Å²) in [4.78, 5) is 30.7. The zero-order valence-corrected chi connectivity index (χ0v) is 22.1. The fraction of sp³-hybridized carbons (Fsp3) is 0.357. The lowest BCUT2D eigenvalue weighted by molar-refractivity contribution is -0.0484. The van der Waals surface area contributed by atoms with Crippen molar-refractivity contribution in [3.63, 3.8) is 0 Å². The molecule has 0 aliphatic carbocycles. The predicted molar refractivity (Wildman–Crippen MR) is 147 cm³/mol. The number of hydrogen-bond donors (Lipinski definition) is 2. The third-order valence-corrected chi connectivity index (χ3v) is 7.94. The fourth-order valence-electron chi connectivity index (χ4n) is 5.12. The summed E-state index contributed by atoms with van der Waals surface area (Å²) in [5.41, 5.74) is 5.93. The van der Waals surface area contributed by atoms with Crippen LogP contribution in [0.2, 0.25) is 0 Å². The van der Waals surface area contributed by atoms with Crippen LogP contribution in [0.3, 0.4) is 0 Å². The number of carbonyl (C=O) groups is 1. The highest BCUT2D eigenvalue weighted by molar-refractivity contribution is 6.06. The second-order valence-electron chi connectivity index (χ2n) is 10.5. The molecule has 5 heterocycles. The summed E-state index contributed by atoms with van der Waals surface area (Å²) in [7, 11) is 4.17. The van der Waals surface area contributed by atoms with Crippen LogP contribution in [-0.4, -0.2) is 75.6 Å². The topological polar surface area (TPSA) is 99.9 Å². The molecule has 2 N–H and O–H groups in total. The molecule has 0 spiro atoms. The molecule has 1 fully saturated rings. The fourth-order valence-corrected chi connectivity index (χ4v) is 5.12. The Bertz CT molecular complexity index is 1490. The predicted octanol–water partition coefficient (Wildman–Crippen LogP) is 3.32. The van der Waals surface area contributed by atoms with Crippen molar-refractivity contribution in [2.45, 2.75) is 32.0 Å². The van der Waals surface area contributed by atoms with E-state index < -0.39 is 0 Å². The van der Waals surface area contributed by atoms with E-state index in [1.807, 2.05) is 41.2 Å². The Labute approximate surface area is 221 Å². The van der Waals surface area contributed by atoms with E-state index in [-0.39, 0.29) is 17.6 Å². The second-order valence-corrected chi connectivity index (χ2v) is 10.5. The van der Waals surface area contributed by atoms with E-state index in [1.54, 1.807) is 12.4 Å². The van der Waals surface area contributed by atoms with Gasteiger partial charge >= 0.3 is 0 Å². The van der Waals surface area contributed by atoms with Crippen LogP contribution >= 0.6 is 0 Å². The minimum atomic E-state index is -0.0978. The van der Waals surface area contributed by atoms with Crippen LogP contribution in [0.15, 0.2) is 55.2 Å². The van der Waals surface area contributed by atoms with E-state index in [0.717, 1.165) is 46.9 Å². The third-order valence-electron chi connectivity index (χ3n) is 7.94. The van der Waals surface area contributed by atoms with Gasteiger partial charge in [0.05, 0.1) is 53.9 Å². The summed E-state index contributed by atoms with van der Waals surface area (Å²) in [6, 6.07) is 7.99. The number of carbonyl (C=O) groups excluding carboxylic acids is 1. The van der Waals surface area contributed by atoms with E-state index in [1.165, 1.54) is 0 Å². The van der Waals surface area contributed by atoms with Gasteiger partial charge in [0.15, 0.2) is 5.65 Å². The number of anilines is 3. The summed E-state index contributed by atoms with van der Waals surface area (Å²) >= 11 is 0. The van der Waals surface area contributed by atoms with Crippen molar-refractivity contribution >= 4 is 28.7 Å². The highest BCUT2D eigenvalue weighted by atomic mass is 16.5. The van der Waals surface area contributed by atoms with Gasteiger partial charge in [-0.2, -0.15) is 0 Å². The molecule has 2 aliphatic heterocycles. The first-order valence-electron chi connectivity index (χ1n) is 12.8. The van der Waals surface area contributed by atoms with Crippen molar-refractivity contribution in [1.29, 1.82) is 0 Å². The van der Waals surface area contributed by atoms with Gasteiger partial charge in [0, 0.05) is 43.1 Å². The lowest BCUT2D eigenvalue weighted by atomic mass is 9.94. The van der Waals surface area contributed by atoms with Crippen molar-refractivity contribution in [3.05, 3.63) is 66.4 Å². The Hall–Kier alpha value is -4.02. The molecule has 1 saturated heterocycles. The van der Waals surface area contributed by atoms with Crippen LogP contribution in [0.25, 0.3) is 16.9 Å². The Kier molecular flexibility index (Phi) is 6.00. The Morgan fingerprint density at radius 2 is 2.00 bits per heavy atom. The standard InChI is InChI=1S/C28H32N8O2/c1-28(2,34(3)4)23-17-35(11-12-38-23)18-5-8-24(30-13-18)33-21-7-6-19(20-14-32-27(37)26(20)21)22-15-31-25-16-29-9-10-36(22)25/h5-10,13,15-16,23H,11-12,14,17H2,1-4H3,(H,30,33)(H,32,37). The van der Waals surface area contributed by atoms with Gasteiger partial charge in [-0.25, -0.2) is 9.97 Å². The number of hydrogen-bond acceptors (Lipinski definition) is 8. The molecule has 2 aliphatic rings. The first kappa shape index (κ1) is 24.3. The van der Waals surface area contributed by atoms with Crippen LogP contribution in [0.1, 0.15) is 29.8 Å². The maximum Gasteiger partial charge on any atom is 0.254 e. The molecular weight excluding hydrogens is 480 g/mol. The molecule has 6 rings (SSSR count). The number of fused-ring (bicyclic) bond motifs is 2. The van der Waals surface area contributed by atoms with Crippen molar-refractivity contribution in [2.24, 2.45) is 0 Å². The van der Waals surface area contributed by atoms with Crippen LogP contribution in [-0.2, 0) is 11.3 Å². The summed E-state index contributed by atoms with van der Waals surface area (Å²) in [6.45, 7) is 7.18. The summed E-state index contributed by atoms with van der Waals surface area (Å²) < 4.78 is 8.09. The van der Waals surface area contributed by atoms with Crippen LogP contribution in [0.4, 0.5) is 17.2 Å². The number of likely N-dealkylation sites (N-methyl/N-ethyl adjacent to an activating group) is 1. The monoisotopic (exact) mass is 512 g/mol. The largest absolute Gasteiger partial charge is 0.373 e. The first-order chi connectivity index (χ1) is 18.3. The van der Waals surface area contributed by atoms with Crippen molar-refractivity contribution in [3.8, 4) is 11.3 Å². The molecule has 1 amide bonds. The van der Waals surface area contributed by atoms with Crippen molar-refractivity contribution in [2.75, 3.05) is 44.0 Å². The average molecular weight is 513 g/mol. The molecule has 4 aromatic rings. The smallest absolute Gasteiger partial charge is 0.254 e. The highest BCUT2D eigenvalue weighted by Crippen LogP contribution is 2.35. The molecule has 3 aromatic heterocycles. The van der Waals surface area contributed by atoms with Gasteiger partial charge in [-0.1, -0.05) is 6.07 Å². The third kappa shape index (κ3) is 4.15. The van der Waals surface area contributed by atoms with Crippen LogP contribution in [0.5, 0.6) is 0 Å². The number of pyridine rings is 1. The summed E-state index contributed by atoms with van der Waals surface area (Å²) in [6.07, 6.45) is 9.12. The van der Waals surface area contributed by atoms with Gasteiger partial charge in [-0.05, 0) is 51.7 Å². The molecule has 196 valence electrons. The Balaban J connectivity index is 1.24. The van der Waals surface area contributed by atoms with Gasteiger partial charge in [0.2, 0.25) is 0 Å². The Morgan fingerprint density at radius 3 is 2.79 bits per heavy atom. The van der Waals surface area contributed by atoms with E-state index in [0.29, 0.717) is 24.5 Å². The highest BCUT2D eigenvalue weighted by Gasteiger charge is 2.36. The van der Waals surface area contributed by atoms with Crippen molar-refractivity contribution in [1.82, 2.24) is 29.6 Å². The molecule has 0 saturated carbocycles. The number of nitrogens with zero attached hydrogens (tertiary/aromatic N) is 6. The van der Waals surface area contributed by atoms with Crippen LogP contribution in [0, 0.1) is 0 Å². The maximum atomic E-state index is 12.9. The zero-order chi connectivity index (χ0) is 26.4. The quantitative estimate of drug-likeness (QED) is 0.406. The van der Waals surface area contributed by atoms with E-state index >= 15 is 0 Å². The molecule has 1 aromatic carbocycles. The molecule has 0 bridgehead atoms. The lowest BCUT2D eigenvalue weighted by Gasteiger charge is -2.45. The SMILES string of the molecule is CN(C)C(C)(C)C1CN(c2ccc(Nc3ccc(-c4cnc5cnccn45)c4c3C(=O)NC4)nc2)CCO1. The molecule has 1 unspecified atom stereocenters. The maximum absolute atomic E-state index is 12.9. The van der Waals surface area contributed by atoms with Gasteiger partial charge < -0.3 is 25.2 Å².